The van der Waals surface area contributed by atoms with Crippen LogP contribution in [0.2, 0.25) is 0 Å². The summed E-state index contributed by atoms with van der Waals surface area (Å²) in [5.41, 5.74) is 5.35. The maximum absolute atomic E-state index is 12.5. The van der Waals surface area contributed by atoms with E-state index >= 15 is 0 Å². The Balaban J connectivity index is 4.19. The lowest BCUT2D eigenvalue weighted by atomic mass is 10.0. The minimum absolute atomic E-state index is 0.0166. The van der Waals surface area contributed by atoms with Crippen molar-refractivity contribution in [3.63, 3.8) is 0 Å². The average Bonchev–Trinajstić information content (AvgIpc) is 3.10. The number of rotatable bonds is 38. The van der Waals surface area contributed by atoms with Gasteiger partial charge in [-0.25, -0.2) is 4.57 Å². The van der Waals surface area contributed by atoms with Gasteiger partial charge in [-0.1, -0.05) is 147 Å². The number of nitrogens with two attached hydrogens (primary N) is 1. The molecular weight excluding hydrogens is 649 g/mol. The van der Waals surface area contributed by atoms with E-state index in [0.717, 1.165) is 38.5 Å². The summed E-state index contributed by atoms with van der Waals surface area (Å²) in [4.78, 5) is 22.4. The molecule has 0 amide bonds. The van der Waals surface area contributed by atoms with Crippen molar-refractivity contribution in [2.24, 2.45) is 5.73 Å². The monoisotopic (exact) mass is 726 g/mol. The molecule has 0 aliphatic rings. The van der Waals surface area contributed by atoms with Crippen molar-refractivity contribution in [3.05, 3.63) is 48.8 Å². The van der Waals surface area contributed by atoms with Gasteiger partial charge in [0.15, 0.2) is 6.10 Å². The molecular formula is C41H76NO7P. The lowest BCUT2D eigenvalue weighted by Crippen LogP contribution is -2.27. The van der Waals surface area contributed by atoms with Crippen LogP contribution in [0.1, 0.15) is 174 Å². The summed E-state index contributed by atoms with van der Waals surface area (Å²) in [5.74, 6) is -0.390. The average molecular weight is 726 g/mol. The maximum Gasteiger partial charge on any atom is 0.472 e. The standard InChI is InChI=1S/C41H76NO7P/c1-3-5-7-9-11-13-15-17-19-21-23-25-27-29-31-33-36-46-38-40(39-48-50(44,45)47-37-35-42)49-41(43)34-32-30-28-26-24-22-20-18-16-14-12-10-8-6-4-2/h12,14,18,20,24,26,33,36,40H,3-11,13,15-17,19,21-23,25,27-32,34-35,37-39,42H2,1-2H3,(H,44,45)/b14-12+,20-18+,26-24+,36-33+/t40-/m1/s1. The van der Waals surface area contributed by atoms with Gasteiger partial charge >= 0.3 is 13.8 Å². The molecule has 0 saturated carbocycles. The van der Waals surface area contributed by atoms with E-state index in [4.69, 9.17) is 24.3 Å². The second-order valence-corrected chi connectivity index (χ2v) is 14.7. The van der Waals surface area contributed by atoms with Crippen LogP contribution in [0.15, 0.2) is 48.8 Å². The van der Waals surface area contributed by atoms with Gasteiger partial charge in [-0.2, -0.15) is 0 Å². The number of hydrogen-bond donors (Lipinski definition) is 2. The van der Waals surface area contributed by atoms with E-state index in [0.29, 0.717) is 6.42 Å². The maximum atomic E-state index is 12.5. The van der Waals surface area contributed by atoms with Crippen LogP contribution in [0.4, 0.5) is 0 Å². The van der Waals surface area contributed by atoms with Gasteiger partial charge in [0.2, 0.25) is 0 Å². The van der Waals surface area contributed by atoms with E-state index in [1.807, 2.05) is 6.08 Å². The van der Waals surface area contributed by atoms with Crippen LogP contribution in [0.25, 0.3) is 0 Å². The summed E-state index contributed by atoms with van der Waals surface area (Å²) >= 11 is 0. The molecule has 0 spiro atoms. The highest BCUT2D eigenvalue weighted by Crippen LogP contribution is 2.43. The molecule has 0 saturated heterocycles. The van der Waals surface area contributed by atoms with Gasteiger partial charge in [0.25, 0.3) is 0 Å². The van der Waals surface area contributed by atoms with Gasteiger partial charge in [-0.05, 0) is 63.9 Å². The largest absolute Gasteiger partial charge is 0.498 e. The third-order valence-corrected chi connectivity index (χ3v) is 9.30. The Bertz CT molecular complexity index is 905. The predicted octanol–water partition coefficient (Wildman–Crippen LogP) is 12.0. The summed E-state index contributed by atoms with van der Waals surface area (Å²) in [6.45, 7) is 4.16. The Labute approximate surface area is 307 Å². The molecule has 9 heteroatoms. The molecule has 0 radical (unpaired) electrons. The van der Waals surface area contributed by atoms with Crippen LogP contribution < -0.4 is 5.73 Å². The van der Waals surface area contributed by atoms with Crippen LogP contribution in [0.5, 0.6) is 0 Å². The molecule has 2 atom stereocenters. The number of hydrogen-bond acceptors (Lipinski definition) is 7. The first kappa shape index (κ1) is 48.3. The van der Waals surface area contributed by atoms with E-state index in [2.05, 4.69) is 50.3 Å². The number of phosphoric acid groups is 1. The summed E-state index contributed by atoms with van der Waals surface area (Å²) < 4.78 is 33.1. The van der Waals surface area contributed by atoms with Gasteiger partial charge in [-0.3, -0.25) is 13.8 Å². The first-order valence-corrected chi connectivity index (χ1v) is 21.7. The van der Waals surface area contributed by atoms with Crippen LogP contribution in [-0.2, 0) is 27.9 Å². The summed E-state index contributed by atoms with van der Waals surface area (Å²) in [7, 11) is -4.30. The molecule has 0 aromatic heterocycles. The van der Waals surface area contributed by atoms with Crippen molar-refractivity contribution in [2.45, 2.75) is 180 Å². The number of carbonyl (C=O) groups is 1. The smallest absolute Gasteiger partial charge is 0.472 e. The molecule has 292 valence electrons. The molecule has 0 rings (SSSR count). The Morgan fingerprint density at radius 2 is 1.08 bits per heavy atom. The number of carbonyl (C=O) groups excluding carboxylic acids is 1. The van der Waals surface area contributed by atoms with E-state index in [-0.39, 0.29) is 38.8 Å². The molecule has 0 aliphatic carbocycles. The number of ether oxygens (including phenoxy) is 2. The Hall–Kier alpha value is -1.70. The molecule has 0 aromatic carbocycles. The molecule has 0 heterocycles. The van der Waals surface area contributed by atoms with Gasteiger partial charge in [0.1, 0.15) is 6.61 Å². The van der Waals surface area contributed by atoms with Gasteiger partial charge in [0.05, 0.1) is 19.5 Å². The Morgan fingerprint density at radius 1 is 0.620 bits per heavy atom. The van der Waals surface area contributed by atoms with Crippen molar-refractivity contribution >= 4 is 13.8 Å². The molecule has 1 unspecified atom stereocenters. The van der Waals surface area contributed by atoms with E-state index < -0.39 is 13.9 Å². The van der Waals surface area contributed by atoms with Crippen LogP contribution >= 0.6 is 7.82 Å². The zero-order valence-corrected chi connectivity index (χ0v) is 33.0. The third-order valence-electron chi connectivity index (χ3n) is 8.31. The van der Waals surface area contributed by atoms with Crippen LogP contribution in [0.3, 0.4) is 0 Å². The normalized spacial score (nSPS) is 14.0. The highest BCUT2D eigenvalue weighted by atomic mass is 31.2. The fourth-order valence-corrected chi connectivity index (χ4v) is 6.09. The van der Waals surface area contributed by atoms with Crippen LogP contribution in [0, 0.1) is 0 Å². The van der Waals surface area contributed by atoms with Crippen LogP contribution in [-0.4, -0.2) is 43.3 Å². The highest BCUT2D eigenvalue weighted by Gasteiger charge is 2.25. The molecule has 0 bridgehead atoms. The molecule has 0 fully saturated rings. The summed E-state index contributed by atoms with van der Waals surface area (Å²) in [6.07, 6.45) is 45.1. The van der Waals surface area contributed by atoms with Crippen molar-refractivity contribution in [2.75, 3.05) is 26.4 Å². The first-order valence-electron chi connectivity index (χ1n) is 20.2. The quantitative estimate of drug-likeness (QED) is 0.0212. The zero-order chi connectivity index (χ0) is 36.6. The number of esters is 1. The molecule has 50 heavy (non-hydrogen) atoms. The zero-order valence-electron chi connectivity index (χ0n) is 32.1. The number of allylic oxidation sites excluding steroid dienone is 7. The Kier molecular flexibility index (Phi) is 37.2. The van der Waals surface area contributed by atoms with E-state index in [1.165, 1.54) is 109 Å². The molecule has 3 N–H and O–H groups in total. The number of phosphoric ester groups is 1. The van der Waals surface area contributed by atoms with Gasteiger partial charge in [0, 0.05) is 13.0 Å². The topological polar surface area (TPSA) is 117 Å². The lowest BCUT2D eigenvalue weighted by Gasteiger charge is -2.19. The first-order chi connectivity index (χ1) is 24.4. The van der Waals surface area contributed by atoms with Crippen molar-refractivity contribution in [3.8, 4) is 0 Å². The summed E-state index contributed by atoms with van der Waals surface area (Å²) in [5, 5.41) is 0. The van der Waals surface area contributed by atoms with E-state index in [1.54, 1.807) is 6.26 Å². The molecule has 0 aromatic rings. The fourth-order valence-electron chi connectivity index (χ4n) is 5.32. The van der Waals surface area contributed by atoms with Crippen molar-refractivity contribution in [1.82, 2.24) is 0 Å². The molecule has 0 aliphatic heterocycles. The SMILES string of the molecule is CCCCC/C=C/C/C=C/C/C=C/CCCCC(=O)O[C@H](CO/C=C/CCCCCCCCCCCCCCCC)COP(=O)(O)OCCN. The fraction of sp³-hybridized carbons (Fsp3) is 0.780. The second-order valence-electron chi connectivity index (χ2n) is 13.2. The minimum Gasteiger partial charge on any atom is -0.498 e. The van der Waals surface area contributed by atoms with Gasteiger partial charge < -0.3 is 20.1 Å². The van der Waals surface area contributed by atoms with E-state index in [9.17, 15) is 14.3 Å². The predicted molar refractivity (Wildman–Crippen MR) is 210 cm³/mol. The third kappa shape index (κ3) is 37.6. The van der Waals surface area contributed by atoms with Gasteiger partial charge in [-0.15, -0.1) is 0 Å². The van der Waals surface area contributed by atoms with Crippen molar-refractivity contribution in [1.29, 1.82) is 0 Å². The number of unbranched alkanes of at least 4 members (excludes halogenated alkanes) is 19. The highest BCUT2D eigenvalue weighted by molar-refractivity contribution is 7.47. The second kappa shape index (κ2) is 38.5. The lowest BCUT2D eigenvalue weighted by molar-refractivity contribution is -0.153. The van der Waals surface area contributed by atoms with Crippen molar-refractivity contribution < 1.29 is 32.8 Å². The summed E-state index contributed by atoms with van der Waals surface area (Å²) in [6, 6.07) is 0. The molecule has 8 nitrogen and oxygen atoms in total. The Morgan fingerprint density at radius 3 is 1.64 bits per heavy atom. The minimum atomic E-state index is -4.30.